The highest BCUT2D eigenvalue weighted by Gasteiger charge is 1.93. The van der Waals surface area contributed by atoms with Gasteiger partial charge in [0, 0.05) is 24.6 Å². The summed E-state index contributed by atoms with van der Waals surface area (Å²) in [5.74, 6) is 0. The maximum atomic E-state index is 3.37. The first-order chi connectivity index (χ1) is 6.84. The summed E-state index contributed by atoms with van der Waals surface area (Å²) < 4.78 is 0. The molecule has 14 heavy (non-hydrogen) atoms. The molecule has 0 aliphatic heterocycles. The zero-order valence-corrected chi connectivity index (χ0v) is 8.25. The van der Waals surface area contributed by atoms with Crippen molar-refractivity contribution in [2.24, 2.45) is 0 Å². The number of aromatic amines is 1. The van der Waals surface area contributed by atoms with Gasteiger partial charge < -0.3 is 10.3 Å². The molecule has 0 aliphatic carbocycles. The predicted molar refractivity (Wildman–Crippen MR) is 59.3 cm³/mol. The van der Waals surface area contributed by atoms with Gasteiger partial charge >= 0.3 is 0 Å². The largest absolute Gasteiger partial charge is 0.381 e. The molecule has 0 radical (unpaired) electrons. The predicted octanol–water partition coefficient (Wildman–Crippen LogP) is 2.94. The molecule has 1 aromatic carbocycles. The summed E-state index contributed by atoms with van der Waals surface area (Å²) in [7, 11) is 0. The third kappa shape index (κ3) is 2.16. The maximum absolute atomic E-state index is 3.37. The molecule has 0 atom stereocenters. The van der Waals surface area contributed by atoms with Crippen LogP contribution >= 0.6 is 0 Å². The van der Waals surface area contributed by atoms with Crippen LogP contribution in [0.25, 0.3) is 0 Å². The molecule has 2 heteroatoms. The van der Waals surface area contributed by atoms with Gasteiger partial charge in [-0.25, -0.2) is 0 Å². The van der Waals surface area contributed by atoms with Gasteiger partial charge in [0.05, 0.1) is 0 Å². The fourth-order valence-corrected chi connectivity index (χ4v) is 1.43. The maximum Gasteiger partial charge on any atom is 0.0415 e. The van der Waals surface area contributed by atoms with Crippen LogP contribution in [-0.4, -0.2) is 4.98 Å². The Morgan fingerprint density at radius 2 is 2.21 bits per heavy atom. The van der Waals surface area contributed by atoms with Crippen molar-refractivity contribution in [3.63, 3.8) is 0 Å². The summed E-state index contributed by atoms with van der Waals surface area (Å²) in [6.45, 7) is 2.97. The second-order valence-corrected chi connectivity index (χ2v) is 3.44. The third-order valence-electron chi connectivity index (χ3n) is 2.18. The van der Waals surface area contributed by atoms with Crippen LogP contribution in [0.2, 0.25) is 0 Å². The van der Waals surface area contributed by atoms with E-state index in [1.165, 1.54) is 16.8 Å². The highest BCUT2D eigenvalue weighted by Crippen LogP contribution is 2.10. The highest BCUT2D eigenvalue weighted by molar-refractivity contribution is 5.45. The topological polar surface area (TPSA) is 27.8 Å². The molecule has 0 fully saturated rings. The highest BCUT2D eigenvalue weighted by atomic mass is 14.9. The number of aryl methyl sites for hydroxylation is 1. The third-order valence-corrected chi connectivity index (χ3v) is 2.18. The van der Waals surface area contributed by atoms with Crippen LogP contribution in [0.5, 0.6) is 0 Å². The molecule has 1 heterocycles. The lowest BCUT2D eigenvalue weighted by Gasteiger charge is -2.05. The molecule has 0 bridgehead atoms. The summed E-state index contributed by atoms with van der Waals surface area (Å²) in [5, 5.41) is 3.37. The van der Waals surface area contributed by atoms with Crippen molar-refractivity contribution in [3.05, 3.63) is 53.9 Å². The number of nitrogens with one attached hydrogen (secondary N) is 2. The van der Waals surface area contributed by atoms with E-state index in [4.69, 9.17) is 0 Å². The van der Waals surface area contributed by atoms with Gasteiger partial charge in [0.1, 0.15) is 0 Å². The Labute approximate surface area is 84.0 Å². The Hall–Kier alpha value is -1.70. The second-order valence-electron chi connectivity index (χ2n) is 3.44. The zero-order valence-electron chi connectivity index (χ0n) is 8.25. The minimum atomic E-state index is 0.868. The number of hydrogen-bond donors (Lipinski definition) is 2. The first-order valence-corrected chi connectivity index (χ1v) is 4.77. The minimum Gasteiger partial charge on any atom is -0.381 e. The van der Waals surface area contributed by atoms with E-state index >= 15 is 0 Å². The lowest BCUT2D eigenvalue weighted by atomic mass is 10.2. The van der Waals surface area contributed by atoms with E-state index in [1.807, 2.05) is 12.4 Å². The molecule has 72 valence electrons. The van der Waals surface area contributed by atoms with Gasteiger partial charge in [-0.05, 0) is 36.2 Å². The number of benzene rings is 1. The number of anilines is 1. The zero-order chi connectivity index (χ0) is 9.80. The summed E-state index contributed by atoms with van der Waals surface area (Å²) in [6, 6.07) is 10.5. The molecule has 2 rings (SSSR count). The van der Waals surface area contributed by atoms with E-state index < -0.39 is 0 Å². The van der Waals surface area contributed by atoms with E-state index in [1.54, 1.807) is 0 Å². The van der Waals surface area contributed by atoms with Gasteiger partial charge in [-0.1, -0.05) is 12.1 Å². The van der Waals surface area contributed by atoms with E-state index in [0.29, 0.717) is 0 Å². The Bertz CT molecular complexity index is 390. The van der Waals surface area contributed by atoms with E-state index in [0.717, 1.165) is 6.54 Å². The van der Waals surface area contributed by atoms with Gasteiger partial charge in [-0.3, -0.25) is 0 Å². The Kier molecular flexibility index (Phi) is 2.54. The van der Waals surface area contributed by atoms with Crippen LogP contribution in [0.4, 0.5) is 5.69 Å². The van der Waals surface area contributed by atoms with Crippen molar-refractivity contribution >= 4 is 5.69 Å². The van der Waals surface area contributed by atoms with Gasteiger partial charge in [0.2, 0.25) is 0 Å². The molecule has 2 nitrogen and oxygen atoms in total. The van der Waals surface area contributed by atoms with E-state index in [-0.39, 0.29) is 0 Å². The lowest BCUT2D eigenvalue weighted by Crippen LogP contribution is -1.97. The first kappa shape index (κ1) is 8.88. The van der Waals surface area contributed by atoms with Crippen LogP contribution in [0.3, 0.4) is 0 Å². The summed E-state index contributed by atoms with van der Waals surface area (Å²) >= 11 is 0. The molecule has 0 unspecified atom stereocenters. The average molecular weight is 186 g/mol. The number of rotatable bonds is 3. The van der Waals surface area contributed by atoms with E-state index in [9.17, 15) is 0 Å². The fourth-order valence-electron chi connectivity index (χ4n) is 1.43. The van der Waals surface area contributed by atoms with Crippen molar-refractivity contribution in [1.29, 1.82) is 0 Å². The average Bonchev–Trinajstić information content (AvgIpc) is 2.67. The molecule has 0 saturated carbocycles. The molecular weight excluding hydrogens is 172 g/mol. The standard InChI is InChI=1S/C12H14N2/c1-10-3-2-4-12(7-10)14-9-11-5-6-13-8-11/h2-8,13-14H,9H2,1H3. The summed E-state index contributed by atoms with van der Waals surface area (Å²) in [6.07, 6.45) is 3.94. The van der Waals surface area contributed by atoms with Crippen molar-refractivity contribution in [1.82, 2.24) is 4.98 Å². The normalized spacial score (nSPS) is 10.1. The van der Waals surface area contributed by atoms with Crippen molar-refractivity contribution in [2.45, 2.75) is 13.5 Å². The van der Waals surface area contributed by atoms with Crippen LogP contribution in [0.1, 0.15) is 11.1 Å². The van der Waals surface area contributed by atoms with Gasteiger partial charge in [-0.2, -0.15) is 0 Å². The van der Waals surface area contributed by atoms with Crippen LogP contribution in [0.15, 0.2) is 42.7 Å². The smallest absolute Gasteiger partial charge is 0.0415 e. The molecule has 2 N–H and O–H groups in total. The van der Waals surface area contributed by atoms with Crippen molar-refractivity contribution < 1.29 is 0 Å². The van der Waals surface area contributed by atoms with Crippen LogP contribution in [-0.2, 0) is 6.54 Å². The molecule has 1 aromatic heterocycles. The molecule has 0 saturated heterocycles. The molecule has 0 aliphatic rings. The molecule has 2 aromatic rings. The minimum absolute atomic E-state index is 0.868. The lowest BCUT2D eigenvalue weighted by molar-refractivity contribution is 1.15. The molecular formula is C12H14N2. The summed E-state index contributed by atoms with van der Waals surface area (Å²) in [5.41, 5.74) is 3.72. The number of hydrogen-bond acceptors (Lipinski definition) is 1. The second kappa shape index (κ2) is 4.01. The number of H-pyrrole nitrogens is 1. The Balaban J connectivity index is 1.98. The molecule has 0 amide bonds. The summed E-state index contributed by atoms with van der Waals surface area (Å²) in [4.78, 5) is 3.04. The van der Waals surface area contributed by atoms with Gasteiger partial charge in [0.15, 0.2) is 0 Å². The van der Waals surface area contributed by atoms with Gasteiger partial charge in [0.25, 0.3) is 0 Å². The van der Waals surface area contributed by atoms with Crippen molar-refractivity contribution in [2.75, 3.05) is 5.32 Å². The van der Waals surface area contributed by atoms with Crippen molar-refractivity contribution in [3.8, 4) is 0 Å². The molecule has 0 spiro atoms. The Morgan fingerprint density at radius 1 is 1.29 bits per heavy atom. The quantitative estimate of drug-likeness (QED) is 0.757. The van der Waals surface area contributed by atoms with Gasteiger partial charge in [-0.15, -0.1) is 0 Å². The van der Waals surface area contributed by atoms with E-state index in [2.05, 4.69) is 47.6 Å². The van der Waals surface area contributed by atoms with Crippen LogP contribution < -0.4 is 5.32 Å². The SMILES string of the molecule is Cc1cccc(NCc2cc[nH]c2)c1. The first-order valence-electron chi connectivity index (χ1n) is 4.77. The monoisotopic (exact) mass is 186 g/mol. The van der Waals surface area contributed by atoms with Crippen LogP contribution in [0, 0.1) is 6.92 Å². The fraction of sp³-hybridized carbons (Fsp3) is 0.167. The number of aromatic nitrogens is 1. The Morgan fingerprint density at radius 3 is 2.93 bits per heavy atom.